The van der Waals surface area contributed by atoms with E-state index in [9.17, 15) is 4.79 Å². The molecule has 2 aromatic carbocycles. The highest BCUT2D eigenvalue weighted by atomic mass is 32.1. The Morgan fingerprint density at radius 3 is 2.30 bits per heavy atom. The fourth-order valence-electron chi connectivity index (χ4n) is 2.50. The first-order valence-electron chi connectivity index (χ1n) is 8.81. The van der Waals surface area contributed by atoms with Crippen molar-refractivity contribution in [1.82, 2.24) is 10.2 Å². The molecule has 0 unspecified atom stereocenters. The van der Waals surface area contributed by atoms with Crippen LogP contribution in [0, 0.1) is 6.92 Å². The molecule has 3 aromatic rings. The summed E-state index contributed by atoms with van der Waals surface area (Å²) in [6.45, 7) is 8.58. The highest BCUT2D eigenvalue weighted by Gasteiger charge is 2.12. The zero-order valence-corrected chi connectivity index (χ0v) is 16.8. The molecule has 27 heavy (non-hydrogen) atoms. The summed E-state index contributed by atoms with van der Waals surface area (Å²) in [5.41, 5.74) is 4.55. The van der Waals surface area contributed by atoms with E-state index in [0.29, 0.717) is 5.13 Å². The Bertz CT molecular complexity index is 948. The second-order valence-electron chi connectivity index (χ2n) is 7.47. The van der Waals surface area contributed by atoms with Crippen molar-refractivity contribution in [2.45, 2.75) is 33.1 Å². The molecule has 1 aromatic heterocycles. The van der Waals surface area contributed by atoms with Gasteiger partial charge in [-0.25, -0.2) is 0 Å². The number of carbonyl (C=O) groups excluding carboxylic acids is 1. The lowest BCUT2D eigenvalue weighted by molar-refractivity contribution is -0.111. The lowest BCUT2D eigenvalue weighted by Gasteiger charge is -2.18. The molecule has 0 fully saturated rings. The number of nitrogens with zero attached hydrogens (tertiary/aromatic N) is 2. The summed E-state index contributed by atoms with van der Waals surface area (Å²) >= 11 is 1.36. The van der Waals surface area contributed by atoms with Crippen LogP contribution in [0.4, 0.5) is 5.13 Å². The molecule has 1 amide bonds. The van der Waals surface area contributed by atoms with Gasteiger partial charge in [0.15, 0.2) is 0 Å². The normalized spacial score (nSPS) is 11.7. The van der Waals surface area contributed by atoms with Crippen molar-refractivity contribution in [1.29, 1.82) is 0 Å². The van der Waals surface area contributed by atoms with Crippen LogP contribution in [0.3, 0.4) is 0 Å². The number of rotatable bonds is 4. The number of aromatic nitrogens is 2. The quantitative estimate of drug-likeness (QED) is 0.614. The first-order chi connectivity index (χ1) is 12.8. The van der Waals surface area contributed by atoms with E-state index in [2.05, 4.69) is 48.4 Å². The Balaban J connectivity index is 1.62. The van der Waals surface area contributed by atoms with Crippen molar-refractivity contribution in [3.63, 3.8) is 0 Å². The molecule has 0 atom stereocenters. The SMILES string of the molecule is Cc1ccc(-c2nnc(NC(=O)/C=C/c3ccc(C(C)(C)C)cc3)s2)cc1. The lowest BCUT2D eigenvalue weighted by atomic mass is 9.87. The minimum absolute atomic E-state index is 0.118. The van der Waals surface area contributed by atoms with E-state index in [0.717, 1.165) is 16.1 Å². The van der Waals surface area contributed by atoms with Crippen molar-refractivity contribution in [2.75, 3.05) is 5.32 Å². The van der Waals surface area contributed by atoms with Crippen LogP contribution in [-0.2, 0) is 10.2 Å². The number of anilines is 1. The molecule has 0 saturated heterocycles. The van der Waals surface area contributed by atoms with Crippen LogP contribution in [-0.4, -0.2) is 16.1 Å². The lowest BCUT2D eigenvalue weighted by Crippen LogP contribution is -2.10. The second-order valence-corrected chi connectivity index (χ2v) is 8.45. The minimum Gasteiger partial charge on any atom is -0.297 e. The largest absolute Gasteiger partial charge is 0.297 e. The van der Waals surface area contributed by atoms with Gasteiger partial charge in [-0.1, -0.05) is 86.2 Å². The highest BCUT2D eigenvalue weighted by Crippen LogP contribution is 2.26. The van der Waals surface area contributed by atoms with Gasteiger partial charge >= 0.3 is 0 Å². The Hall–Kier alpha value is -2.79. The van der Waals surface area contributed by atoms with Crippen molar-refractivity contribution in [3.05, 3.63) is 71.3 Å². The van der Waals surface area contributed by atoms with Crippen molar-refractivity contribution in [2.24, 2.45) is 0 Å². The zero-order valence-electron chi connectivity index (χ0n) is 16.0. The summed E-state index contributed by atoms with van der Waals surface area (Å²) < 4.78 is 0. The van der Waals surface area contributed by atoms with Crippen LogP contribution in [0.5, 0.6) is 0 Å². The summed E-state index contributed by atoms with van der Waals surface area (Å²) in [5, 5.41) is 12.2. The van der Waals surface area contributed by atoms with Crippen LogP contribution < -0.4 is 5.32 Å². The number of benzene rings is 2. The van der Waals surface area contributed by atoms with E-state index >= 15 is 0 Å². The van der Waals surface area contributed by atoms with Gasteiger partial charge in [-0.05, 0) is 29.5 Å². The van der Waals surface area contributed by atoms with E-state index in [1.807, 2.05) is 43.3 Å². The third-order valence-electron chi connectivity index (χ3n) is 4.16. The first-order valence-corrected chi connectivity index (χ1v) is 9.63. The fourth-order valence-corrected chi connectivity index (χ4v) is 3.25. The van der Waals surface area contributed by atoms with Crippen molar-refractivity contribution in [3.8, 4) is 10.6 Å². The number of carbonyl (C=O) groups is 1. The Morgan fingerprint density at radius 2 is 1.67 bits per heavy atom. The summed E-state index contributed by atoms with van der Waals surface area (Å²) in [7, 11) is 0. The predicted molar refractivity (Wildman–Crippen MR) is 113 cm³/mol. The molecule has 0 bridgehead atoms. The predicted octanol–water partition coefficient (Wildman–Crippen LogP) is 5.46. The smallest absolute Gasteiger partial charge is 0.250 e. The van der Waals surface area contributed by atoms with E-state index in [1.165, 1.54) is 28.5 Å². The molecule has 0 aliphatic rings. The van der Waals surface area contributed by atoms with Gasteiger partial charge in [0.2, 0.25) is 11.0 Å². The summed E-state index contributed by atoms with van der Waals surface area (Å²) in [4.78, 5) is 12.1. The molecule has 0 spiro atoms. The molecule has 1 heterocycles. The molecule has 0 radical (unpaired) electrons. The maximum atomic E-state index is 12.1. The molecular weight excluding hydrogens is 354 g/mol. The van der Waals surface area contributed by atoms with Crippen LogP contribution in [0.2, 0.25) is 0 Å². The van der Waals surface area contributed by atoms with Gasteiger partial charge in [-0.15, -0.1) is 10.2 Å². The third-order valence-corrected chi connectivity index (χ3v) is 5.05. The topological polar surface area (TPSA) is 54.9 Å². The maximum absolute atomic E-state index is 12.1. The van der Waals surface area contributed by atoms with Crippen molar-refractivity contribution < 1.29 is 4.79 Å². The summed E-state index contributed by atoms with van der Waals surface area (Å²) in [5.74, 6) is -0.221. The van der Waals surface area contributed by atoms with Gasteiger partial charge in [0.25, 0.3) is 0 Å². The number of amides is 1. The van der Waals surface area contributed by atoms with E-state index in [4.69, 9.17) is 0 Å². The first kappa shape index (κ1) is 19.0. The molecule has 0 aliphatic carbocycles. The van der Waals surface area contributed by atoms with Gasteiger partial charge in [-0.2, -0.15) is 0 Å². The van der Waals surface area contributed by atoms with Gasteiger partial charge < -0.3 is 0 Å². The molecule has 5 heteroatoms. The molecule has 0 aliphatic heterocycles. The fraction of sp³-hybridized carbons (Fsp3) is 0.227. The molecule has 3 rings (SSSR count). The third kappa shape index (κ3) is 5.11. The van der Waals surface area contributed by atoms with E-state index in [-0.39, 0.29) is 11.3 Å². The minimum atomic E-state index is -0.221. The molecule has 0 saturated carbocycles. The van der Waals surface area contributed by atoms with Gasteiger partial charge in [0.05, 0.1) is 0 Å². The summed E-state index contributed by atoms with van der Waals surface area (Å²) in [6.07, 6.45) is 3.31. The molecule has 1 N–H and O–H groups in total. The molecule has 4 nitrogen and oxygen atoms in total. The van der Waals surface area contributed by atoms with Crippen LogP contribution >= 0.6 is 11.3 Å². The van der Waals surface area contributed by atoms with Crippen molar-refractivity contribution >= 4 is 28.5 Å². The summed E-state index contributed by atoms with van der Waals surface area (Å²) in [6, 6.07) is 16.3. The van der Waals surface area contributed by atoms with Crippen LogP contribution in [0.15, 0.2) is 54.6 Å². The molecule has 138 valence electrons. The van der Waals surface area contributed by atoms with Gasteiger partial charge in [0.1, 0.15) is 5.01 Å². The monoisotopic (exact) mass is 377 g/mol. The van der Waals surface area contributed by atoms with E-state index < -0.39 is 0 Å². The Morgan fingerprint density at radius 1 is 1.00 bits per heavy atom. The standard InChI is InChI=1S/C22H23N3OS/c1-15-5-10-17(11-6-15)20-24-25-21(27-20)23-19(26)14-9-16-7-12-18(13-8-16)22(2,3)4/h5-14H,1-4H3,(H,23,25,26)/b14-9+. The average Bonchev–Trinajstić information content (AvgIpc) is 3.08. The Kier molecular flexibility index (Phi) is 5.51. The number of hydrogen-bond donors (Lipinski definition) is 1. The number of nitrogens with one attached hydrogen (secondary N) is 1. The van der Waals surface area contributed by atoms with E-state index in [1.54, 1.807) is 6.08 Å². The number of aryl methyl sites for hydroxylation is 1. The zero-order chi connectivity index (χ0) is 19.4. The second kappa shape index (κ2) is 7.84. The molecular formula is C22H23N3OS. The van der Waals surface area contributed by atoms with Gasteiger partial charge in [0, 0.05) is 11.6 Å². The number of hydrogen-bond acceptors (Lipinski definition) is 4. The Labute approximate surface area is 164 Å². The van der Waals surface area contributed by atoms with Gasteiger partial charge in [-0.3, -0.25) is 10.1 Å². The highest BCUT2D eigenvalue weighted by molar-refractivity contribution is 7.18. The van der Waals surface area contributed by atoms with Crippen LogP contribution in [0.1, 0.15) is 37.5 Å². The average molecular weight is 378 g/mol. The maximum Gasteiger partial charge on any atom is 0.250 e. The van der Waals surface area contributed by atoms with Crippen LogP contribution in [0.25, 0.3) is 16.6 Å².